The summed E-state index contributed by atoms with van der Waals surface area (Å²) >= 11 is 0. The van der Waals surface area contributed by atoms with Crippen LogP contribution in [0.25, 0.3) is 0 Å². The van der Waals surface area contributed by atoms with E-state index in [4.69, 9.17) is 0 Å². The number of esters is 1. The Hall–Kier alpha value is -2.77. The first kappa shape index (κ1) is 17.3. The Labute approximate surface area is 125 Å². The lowest BCUT2D eigenvalue weighted by Crippen LogP contribution is -2.42. The number of nitrogens with one attached hydrogen (secondary N) is 2. The molecule has 0 aliphatic rings. The number of ketones is 1. The number of Topliss-reactive ketones (excluding diaryl/α,β-unsaturated/α-hetero) is 1. The van der Waals surface area contributed by atoms with Crippen molar-refractivity contribution in [2.45, 2.75) is 19.8 Å². The lowest BCUT2D eigenvalue weighted by atomic mass is 10.1. The van der Waals surface area contributed by atoms with Crippen molar-refractivity contribution in [1.82, 2.24) is 10.9 Å². The fourth-order valence-electron chi connectivity index (χ4n) is 1.41. The van der Waals surface area contributed by atoms with E-state index in [1.807, 2.05) is 10.9 Å². The highest BCUT2D eigenvalue weighted by atomic mass is 19.1. The van der Waals surface area contributed by atoms with E-state index in [1.165, 1.54) is 19.1 Å². The number of rotatable bonds is 6. The lowest BCUT2D eigenvalue weighted by molar-refractivity contribution is -0.148. The number of ether oxygens (including phenoxy) is 1. The molecule has 0 spiro atoms. The topological polar surface area (TPSA) is 102 Å². The van der Waals surface area contributed by atoms with Gasteiger partial charge in [0.25, 0.3) is 5.91 Å². The Morgan fingerprint density at radius 1 is 1.05 bits per heavy atom. The van der Waals surface area contributed by atoms with E-state index in [2.05, 4.69) is 4.74 Å². The van der Waals surface area contributed by atoms with Gasteiger partial charge in [-0.05, 0) is 24.3 Å². The molecule has 1 aromatic carbocycles. The standard InChI is InChI=1S/C14H15FN2O5/c1-9(18)16-17-13(20)8-22-14(21)7-6-12(19)10-2-4-11(15)5-3-10/h2-5H,6-8H2,1H3,(H,16,18)(H,17,20). The Kier molecular flexibility index (Phi) is 6.68. The molecule has 0 unspecified atom stereocenters. The van der Waals surface area contributed by atoms with Gasteiger partial charge in [0.15, 0.2) is 12.4 Å². The molecule has 0 fully saturated rings. The zero-order valence-corrected chi connectivity index (χ0v) is 11.8. The first-order chi connectivity index (χ1) is 10.4. The van der Waals surface area contributed by atoms with Gasteiger partial charge in [-0.15, -0.1) is 0 Å². The molecule has 7 nitrogen and oxygen atoms in total. The van der Waals surface area contributed by atoms with Gasteiger partial charge in [-0.25, -0.2) is 4.39 Å². The lowest BCUT2D eigenvalue weighted by Gasteiger charge is -2.06. The van der Waals surface area contributed by atoms with Crippen LogP contribution in [0.15, 0.2) is 24.3 Å². The van der Waals surface area contributed by atoms with E-state index in [0.29, 0.717) is 0 Å². The van der Waals surface area contributed by atoms with E-state index in [0.717, 1.165) is 12.1 Å². The SMILES string of the molecule is CC(=O)NNC(=O)COC(=O)CCC(=O)c1ccc(F)cc1. The Bertz CT molecular complexity index is 571. The van der Waals surface area contributed by atoms with Crippen molar-refractivity contribution in [2.24, 2.45) is 0 Å². The average Bonchev–Trinajstić information content (AvgIpc) is 2.49. The van der Waals surface area contributed by atoms with Gasteiger partial charge in [-0.1, -0.05) is 0 Å². The van der Waals surface area contributed by atoms with Crippen LogP contribution in [0, 0.1) is 5.82 Å². The van der Waals surface area contributed by atoms with Gasteiger partial charge in [-0.3, -0.25) is 30.0 Å². The third-order valence-electron chi connectivity index (χ3n) is 2.46. The maximum Gasteiger partial charge on any atom is 0.306 e. The second-order valence-electron chi connectivity index (χ2n) is 4.32. The monoisotopic (exact) mass is 310 g/mol. The fourth-order valence-corrected chi connectivity index (χ4v) is 1.41. The number of hydrazine groups is 1. The van der Waals surface area contributed by atoms with Crippen LogP contribution in [0.5, 0.6) is 0 Å². The van der Waals surface area contributed by atoms with Gasteiger partial charge in [0, 0.05) is 18.9 Å². The van der Waals surface area contributed by atoms with Gasteiger partial charge in [0.05, 0.1) is 6.42 Å². The zero-order valence-electron chi connectivity index (χ0n) is 11.8. The molecular weight excluding hydrogens is 295 g/mol. The summed E-state index contributed by atoms with van der Waals surface area (Å²) in [5, 5.41) is 0. The van der Waals surface area contributed by atoms with E-state index >= 15 is 0 Å². The van der Waals surface area contributed by atoms with Crippen molar-refractivity contribution >= 4 is 23.6 Å². The second-order valence-corrected chi connectivity index (χ2v) is 4.32. The van der Waals surface area contributed by atoms with Crippen LogP contribution in [0.3, 0.4) is 0 Å². The summed E-state index contributed by atoms with van der Waals surface area (Å²) < 4.78 is 17.3. The van der Waals surface area contributed by atoms with E-state index in [9.17, 15) is 23.6 Å². The maximum atomic E-state index is 12.7. The zero-order chi connectivity index (χ0) is 16.5. The van der Waals surface area contributed by atoms with Crippen molar-refractivity contribution in [3.63, 3.8) is 0 Å². The van der Waals surface area contributed by atoms with Crippen LogP contribution in [-0.4, -0.2) is 30.2 Å². The molecule has 0 bridgehead atoms. The van der Waals surface area contributed by atoms with E-state index in [-0.39, 0.29) is 24.2 Å². The molecule has 22 heavy (non-hydrogen) atoms. The third kappa shape index (κ3) is 6.60. The Morgan fingerprint density at radius 2 is 1.68 bits per heavy atom. The molecule has 0 radical (unpaired) electrons. The molecule has 2 N–H and O–H groups in total. The average molecular weight is 310 g/mol. The molecule has 0 saturated carbocycles. The van der Waals surface area contributed by atoms with Crippen molar-refractivity contribution < 1.29 is 28.3 Å². The molecule has 8 heteroatoms. The van der Waals surface area contributed by atoms with Gasteiger partial charge in [0.1, 0.15) is 5.82 Å². The summed E-state index contributed by atoms with van der Waals surface area (Å²) in [6, 6.07) is 4.95. The summed E-state index contributed by atoms with van der Waals surface area (Å²) in [5.74, 6) is -2.69. The number of hydrogen-bond donors (Lipinski definition) is 2. The third-order valence-corrected chi connectivity index (χ3v) is 2.46. The molecule has 0 saturated heterocycles. The van der Waals surface area contributed by atoms with Gasteiger partial charge in [-0.2, -0.15) is 0 Å². The van der Waals surface area contributed by atoms with Crippen molar-refractivity contribution in [1.29, 1.82) is 0 Å². The quantitative estimate of drug-likeness (QED) is 0.452. The number of carbonyl (C=O) groups excluding carboxylic acids is 4. The molecule has 0 aliphatic heterocycles. The van der Waals surface area contributed by atoms with Gasteiger partial charge < -0.3 is 4.74 Å². The highest BCUT2D eigenvalue weighted by Crippen LogP contribution is 2.07. The Morgan fingerprint density at radius 3 is 2.27 bits per heavy atom. The van der Waals surface area contributed by atoms with E-state index < -0.39 is 30.2 Å². The minimum atomic E-state index is -0.728. The second kappa shape index (κ2) is 8.50. The minimum absolute atomic E-state index is 0.113. The highest BCUT2D eigenvalue weighted by molar-refractivity contribution is 5.97. The van der Waals surface area contributed by atoms with Crippen LogP contribution >= 0.6 is 0 Å². The number of hydrogen-bond acceptors (Lipinski definition) is 5. The van der Waals surface area contributed by atoms with Crippen molar-refractivity contribution in [3.8, 4) is 0 Å². The molecule has 0 heterocycles. The predicted molar refractivity (Wildman–Crippen MR) is 72.9 cm³/mol. The maximum absolute atomic E-state index is 12.7. The summed E-state index contributed by atoms with van der Waals surface area (Å²) in [5.41, 5.74) is 4.34. The van der Waals surface area contributed by atoms with Crippen LogP contribution in [0.4, 0.5) is 4.39 Å². The first-order valence-electron chi connectivity index (χ1n) is 6.38. The van der Waals surface area contributed by atoms with Gasteiger partial charge in [0.2, 0.25) is 5.91 Å². The normalized spacial score (nSPS) is 9.73. The molecule has 0 aliphatic carbocycles. The largest absolute Gasteiger partial charge is 0.455 e. The summed E-state index contributed by atoms with van der Waals surface area (Å²) in [7, 11) is 0. The minimum Gasteiger partial charge on any atom is -0.455 e. The highest BCUT2D eigenvalue weighted by Gasteiger charge is 2.12. The number of halogens is 1. The summed E-state index contributed by atoms with van der Waals surface area (Å²) in [6.07, 6.45) is -0.318. The summed E-state index contributed by atoms with van der Waals surface area (Å²) in [4.78, 5) is 44.8. The van der Waals surface area contributed by atoms with Crippen molar-refractivity contribution in [2.75, 3.05) is 6.61 Å². The molecule has 118 valence electrons. The van der Waals surface area contributed by atoms with Crippen LogP contribution in [0.2, 0.25) is 0 Å². The summed E-state index contributed by atoms with van der Waals surface area (Å²) in [6.45, 7) is 0.636. The van der Waals surface area contributed by atoms with Crippen molar-refractivity contribution in [3.05, 3.63) is 35.6 Å². The first-order valence-corrected chi connectivity index (χ1v) is 6.38. The van der Waals surface area contributed by atoms with E-state index in [1.54, 1.807) is 0 Å². The molecule has 0 atom stereocenters. The molecule has 0 aromatic heterocycles. The van der Waals surface area contributed by atoms with Crippen LogP contribution in [-0.2, 0) is 19.1 Å². The van der Waals surface area contributed by atoms with Crippen LogP contribution < -0.4 is 10.9 Å². The van der Waals surface area contributed by atoms with Crippen LogP contribution in [0.1, 0.15) is 30.1 Å². The molecule has 2 amide bonds. The molecule has 1 aromatic rings. The molecule has 1 rings (SSSR count). The number of benzene rings is 1. The number of carbonyl (C=O) groups is 4. The Balaban J connectivity index is 2.28. The van der Waals surface area contributed by atoms with Gasteiger partial charge >= 0.3 is 5.97 Å². The predicted octanol–water partition coefficient (Wildman–Crippen LogP) is 0.499. The fraction of sp³-hybridized carbons (Fsp3) is 0.286. The number of amides is 2. The molecular formula is C14H15FN2O5. The smallest absolute Gasteiger partial charge is 0.306 e.